The van der Waals surface area contributed by atoms with Gasteiger partial charge in [0, 0.05) is 6.42 Å². The van der Waals surface area contributed by atoms with Crippen LogP contribution in [0.2, 0.25) is 0 Å². The molecule has 0 aliphatic heterocycles. The van der Waals surface area contributed by atoms with Crippen LogP contribution in [0.1, 0.15) is 26.7 Å². The van der Waals surface area contributed by atoms with Gasteiger partial charge in [0.05, 0.1) is 12.5 Å². The first kappa shape index (κ1) is 11.1. The third-order valence-corrected chi connectivity index (χ3v) is 1.57. The Kier molecular flexibility index (Phi) is 5.28. The summed E-state index contributed by atoms with van der Waals surface area (Å²) in [7, 11) is 0. The van der Waals surface area contributed by atoms with Crippen LogP contribution in [0.4, 0.5) is 0 Å². The van der Waals surface area contributed by atoms with Gasteiger partial charge in [-0.1, -0.05) is 13.8 Å². The molecule has 0 aliphatic rings. The van der Waals surface area contributed by atoms with Crippen LogP contribution in [0.25, 0.3) is 0 Å². The fourth-order valence-corrected chi connectivity index (χ4v) is 0.967. The number of carbonyl (C=O) groups excluding carboxylic acids is 1. The number of ketones is 1. The Bertz CT molecular complexity index is 168. The van der Waals surface area contributed by atoms with Gasteiger partial charge in [0.1, 0.15) is 5.78 Å². The zero-order valence-electron chi connectivity index (χ0n) is 7.46. The van der Waals surface area contributed by atoms with Crippen LogP contribution in [-0.2, 0) is 9.59 Å². The normalized spacial score (nSPS) is 12.5. The Morgan fingerprint density at radius 1 is 1.42 bits per heavy atom. The van der Waals surface area contributed by atoms with Gasteiger partial charge in [-0.15, -0.1) is 0 Å². The molecule has 0 aromatic carbocycles. The van der Waals surface area contributed by atoms with Crippen molar-refractivity contribution in [3.8, 4) is 0 Å². The third-order valence-electron chi connectivity index (χ3n) is 1.57. The highest BCUT2D eigenvalue weighted by Crippen LogP contribution is 1.97. The number of aliphatic carboxylic acids is 1. The molecular formula is C8H15NO3. The summed E-state index contributed by atoms with van der Waals surface area (Å²) >= 11 is 0. The van der Waals surface area contributed by atoms with Gasteiger partial charge in [0.2, 0.25) is 0 Å². The van der Waals surface area contributed by atoms with Crippen molar-refractivity contribution in [2.45, 2.75) is 32.7 Å². The maximum atomic E-state index is 11.1. The van der Waals surface area contributed by atoms with Gasteiger partial charge in [-0.3, -0.25) is 9.59 Å². The summed E-state index contributed by atoms with van der Waals surface area (Å²) in [5, 5.41) is 11.3. The molecule has 0 aromatic heterocycles. The highest BCUT2D eigenvalue weighted by atomic mass is 16.4. The van der Waals surface area contributed by atoms with E-state index in [1.165, 1.54) is 0 Å². The minimum Gasteiger partial charge on any atom is -0.481 e. The molecular weight excluding hydrogens is 158 g/mol. The highest BCUT2D eigenvalue weighted by molar-refractivity contribution is 5.87. The number of carboxylic acid groups (broad SMARTS) is 1. The Morgan fingerprint density at radius 3 is 2.33 bits per heavy atom. The van der Waals surface area contributed by atoms with Gasteiger partial charge in [0.25, 0.3) is 0 Å². The second-order valence-corrected chi connectivity index (χ2v) is 2.53. The average Bonchev–Trinajstić information content (AvgIpc) is 2.01. The lowest BCUT2D eigenvalue weighted by molar-refractivity contribution is -0.139. The van der Waals surface area contributed by atoms with Crippen molar-refractivity contribution >= 4 is 11.8 Å². The smallest absolute Gasteiger partial charge is 0.305 e. The lowest BCUT2D eigenvalue weighted by atomic mass is 10.1. The van der Waals surface area contributed by atoms with E-state index >= 15 is 0 Å². The molecule has 0 saturated carbocycles. The van der Waals surface area contributed by atoms with Crippen molar-refractivity contribution in [1.82, 2.24) is 5.32 Å². The topological polar surface area (TPSA) is 66.4 Å². The molecule has 0 rings (SSSR count). The van der Waals surface area contributed by atoms with E-state index < -0.39 is 12.0 Å². The maximum Gasteiger partial charge on any atom is 0.305 e. The van der Waals surface area contributed by atoms with Crippen molar-refractivity contribution in [3.63, 3.8) is 0 Å². The second-order valence-electron chi connectivity index (χ2n) is 2.53. The lowest BCUT2D eigenvalue weighted by Crippen LogP contribution is -2.38. The molecule has 0 saturated heterocycles. The summed E-state index contributed by atoms with van der Waals surface area (Å²) in [5.41, 5.74) is 0. The zero-order chi connectivity index (χ0) is 9.56. The maximum absolute atomic E-state index is 11.1. The third kappa shape index (κ3) is 4.08. The predicted octanol–water partition coefficient (Wildman–Crippen LogP) is 0.418. The molecule has 4 nitrogen and oxygen atoms in total. The first-order chi connectivity index (χ1) is 5.61. The molecule has 0 aliphatic carbocycles. The van der Waals surface area contributed by atoms with E-state index in [0.717, 1.165) is 0 Å². The quantitative estimate of drug-likeness (QED) is 0.610. The van der Waals surface area contributed by atoms with E-state index in [2.05, 4.69) is 5.32 Å². The summed E-state index contributed by atoms with van der Waals surface area (Å²) in [5.74, 6) is -0.984. The van der Waals surface area contributed by atoms with E-state index in [1.54, 1.807) is 6.92 Å². The van der Waals surface area contributed by atoms with Crippen LogP contribution in [0, 0.1) is 0 Å². The predicted molar refractivity (Wildman–Crippen MR) is 45.0 cm³/mol. The Balaban J connectivity index is 4.02. The van der Waals surface area contributed by atoms with Crippen molar-refractivity contribution in [1.29, 1.82) is 0 Å². The van der Waals surface area contributed by atoms with Crippen LogP contribution in [0.15, 0.2) is 0 Å². The fraction of sp³-hybridized carbons (Fsp3) is 0.750. The van der Waals surface area contributed by atoms with Gasteiger partial charge < -0.3 is 10.4 Å². The minimum atomic E-state index is -0.942. The second kappa shape index (κ2) is 5.71. The van der Waals surface area contributed by atoms with Crippen molar-refractivity contribution in [3.05, 3.63) is 0 Å². The molecule has 12 heavy (non-hydrogen) atoms. The molecule has 1 atom stereocenters. The number of rotatable bonds is 6. The Labute approximate surface area is 72.0 Å². The minimum absolute atomic E-state index is 0.0424. The van der Waals surface area contributed by atoms with Crippen LogP contribution < -0.4 is 5.32 Å². The standard InChI is InChI=1S/C8H15NO3/c1-3-7(10)6(9-4-2)5-8(11)12/h6,9H,3-5H2,1-2H3,(H,11,12)/t6-/m0/s1. The molecule has 0 fully saturated rings. The van der Waals surface area contributed by atoms with Crippen LogP contribution in [-0.4, -0.2) is 29.4 Å². The van der Waals surface area contributed by atoms with E-state index in [-0.39, 0.29) is 12.2 Å². The molecule has 70 valence electrons. The summed E-state index contributed by atoms with van der Waals surface area (Å²) in [6, 6.07) is -0.516. The number of likely N-dealkylation sites (N-methyl/N-ethyl adjacent to an activating group) is 1. The first-order valence-corrected chi connectivity index (χ1v) is 4.09. The number of Topliss-reactive ketones (excluding diaryl/α,β-unsaturated/α-hetero) is 1. The van der Waals surface area contributed by atoms with E-state index in [0.29, 0.717) is 13.0 Å². The van der Waals surface area contributed by atoms with Crippen LogP contribution >= 0.6 is 0 Å². The summed E-state index contributed by atoms with van der Waals surface area (Å²) in [6.45, 7) is 4.19. The lowest BCUT2D eigenvalue weighted by Gasteiger charge is -2.12. The monoisotopic (exact) mass is 173 g/mol. The largest absolute Gasteiger partial charge is 0.481 e. The number of nitrogens with one attached hydrogen (secondary N) is 1. The van der Waals surface area contributed by atoms with E-state index in [4.69, 9.17) is 5.11 Å². The van der Waals surface area contributed by atoms with Crippen LogP contribution in [0.3, 0.4) is 0 Å². The Morgan fingerprint density at radius 2 is 2.00 bits per heavy atom. The molecule has 0 aromatic rings. The Hall–Kier alpha value is -0.900. The molecule has 4 heteroatoms. The van der Waals surface area contributed by atoms with E-state index in [1.807, 2.05) is 6.92 Å². The zero-order valence-corrected chi connectivity index (χ0v) is 7.46. The molecule has 0 bridgehead atoms. The molecule has 0 spiro atoms. The SMILES string of the molecule is CCN[C@@H](CC(=O)O)C(=O)CC. The number of carbonyl (C=O) groups is 2. The van der Waals surface area contributed by atoms with Gasteiger partial charge >= 0.3 is 5.97 Å². The molecule has 0 radical (unpaired) electrons. The highest BCUT2D eigenvalue weighted by Gasteiger charge is 2.18. The summed E-state index contributed by atoms with van der Waals surface area (Å²) in [4.78, 5) is 21.4. The summed E-state index contributed by atoms with van der Waals surface area (Å²) < 4.78 is 0. The van der Waals surface area contributed by atoms with Gasteiger partial charge in [0.15, 0.2) is 0 Å². The molecule has 0 amide bonds. The average molecular weight is 173 g/mol. The van der Waals surface area contributed by atoms with Gasteiger partial charge in [-0.2, -0.15) is 0 Å². The number of carboxylic acids is 1. The van der Waals surface area contributed by atoms with Crippen molar-refractivity contribution in [2.24, 2.45) is 0 Å². The molecule has 0 unspecified atom stereocenters. The fourth-order valence-electron chi connectivity index (χ4n) is 0.967. The number of hydrogen-bond donors (Lipinski definition) is 2. The number of hydrogen-bond acceptors (Lipinski definition) is 3. The van der Waals surface area contributed by atoms with Gasteiger partial charge in [-0.05, 0) is 6.54 Å². The molecule has 2 N–H and O–H groups in total. The van der Waals surface area contributed by atoms with Crippen LogP contribution in [0.5, 0.6) is 0 Å². The van der Waals surface area contributed by atoms with E-state index in [9.17, 15) is 9.59 Å². The summed E-state index contributed by atoms with van der Waals surface area (Å²) in [6.07, 6.45) is 0.255. The van der Waals surface area contributed by atoms with Crippen molar-refractivity contribution in [2.75, 3.05) is 6.54 Å². The van der Waals surface area contributed by atoms with Gasteiger partial charge in [-0.25, -0.2) is 0 Å². The first-order valence-electron chi connectivity index (χ1n) is 4.09. The van der Waals surface area contributed by atoms with Crippen molar-refractivity contribution < 1.29 is 14.7 Å². The molecule has 0 heterocycles.